The summed E-state index contributed by atoms with van der Waals surface area (Å²) < 4.78 is 0. The average molecular weight is 289 g/mol. The average Bonchev–Trinajstić information content (AvgIpc) is 2.64. The van der Waals surface area contributed by atoms with Crippen LogP contribution in [0.15, 0.2) is 29.5 Å². The highest BCUT2D eigenvalue weighted by atomic mass is 35.5. The summed E-state index contributed by atoms with van der Waals surface area (Å²) >= 11 is 13.3. The standard InChI is InChI=1S/C12H10Cl2O2S/c1-6(15)8-5-17-12(11(8)16)7-2-3-9(13)10(14)4-7/h2-4,12,16H,5H2,1H3. The molecule has 1 aromatic rings. The third-order valence-corrected chi connectivity index (χ3v) is 4.65. The molecule has 1 atom stereocenters. The molecular weight excluding hydrogens is 279 g/mol. The molecule has 2 rings (SSSR count). The molecule has 0 bridgehead atoms. The summed E-state index contributed by atoms with van der Waals surface area (Å²) in [6.07, 6.45) is 0. The maximum absolute atomic E-state index is 11.3. The minimum atomic E-state index is -0.219. The summed E-state index contributed by atoms with van der Waals surface area (Å²) in [6.45, 7) is 1.46. The zero-order valence-corrected chi connectivity index (χ0v) is 11.4. The summed E-state index contributed by atoms with van der Waals surface area (Å²) in [6, 6.07) is 5.23. The summed E-state index contributed by atoms with van der Waals surface area (Å²) in [5.41, 5.74) is 1.35. The van der Waals surface area contributed by atoms with Gasteiger partial charge in [-0.1, -0.05) is 29.3 Å². The number of carbonyl (C=O) groups is 1. The van der Waals surface area contributed by atoms with Gasteiger partial charge in [0.25, 0.3) is 0 Å². The molecule has 1 unspecified atom stereocenters. The molecule has 90 valence electrons. The van der Waals surface area contributed by atoms with E-state index in [1.807, 2.05) is 6.07 Å². The Bertz CT molecular complexity index is 511. The molecular formula is C12H10Cl2O2S. The van der Waals surface area contributed by atoms with Crippen molar-refractivity contribution in [3.05, 3.63) is 45.1 Å². The second-order valence-corrected chi connectivity index (χ2v) is 5.69. The van der Waals surface area contributed by atoms with Crippen LogP contribution in [0.25, 0.3) is 0 Å². The molecule has 1 aliphatic heterocycles. The van der Waals surface area contributed by atoms with Gasteiger partial charge in [-0.15, -0.1) is 11.8 Å². The molecule has 1 aromatic carbocycles. The van der Waals surface area contributed by atoms with E-state index in [4.69, 9.17) is 23.2 Å². The third-order valence-electron chi connectivity index (χ3n) is 2.62. The molecule has 0 radical (unpaired) electrons. The van der Waals surface area contributed by atoms with Crippen LogP contribution in [0.5, 0.6) is 0 Å². The van der Waals surface area contributed by atoms with Crippen LogP contribution in [0.3, 0.4) is 0 Å². The van der Waals surface area contributed by atoms with Crippen molar-refractivity contribution in [3.63, 3.8) is 0 Å². The van der Waals surface area contributed by atoms with Crippen LogP contribution in [0.1, 0.15) is 17.7 Å². The van der Waals surface area contributed by atoms with E-state index in [0.717, 1.165) is 5.56 Å². The van der Waals surface area contributed by atoms with Crippen LogP contribution in [0, 0.1) is 0 Å². The Hall–Kier alpha value is -0.640. The van der Waals surface area contributed by atoms with Crippen molar-refractivity contribution in [1.82, 2.24) is 0 Å². The smallest absolute Gasteiger partial charge is 0.160 e. The molecule has 0 aliphatic carbocycles. The summed E-state index contributed by atoms with van der Waals surface area (Å²) in [4.78, 5) is 11.3. The third kappa shape index (κ3) is 2.46. The monoisotopic (exact) mass is 288 g/mol. The Morgan fingerprint density at radius 2 is 2.12 bits per heavy atom. The molecule has 0 spiro atoms. The maximum atomic E-state index is 11.3. The number of aliphatic hydroxyl groups is 1. The van der Waals surface area contributed by atoms with E-state index in [-0.39, 0.29) is 16.8 Å². The Morgan fingerprint density at radius 1 is 1.41 bits per heavy atom. The largest absolute Gasteiger partial charge is 0.510 e. The number of aliphatic hydroxyl groups excluding tert-OH is 1. The van der Waals surface area contributed by atoms with E-state index in [0.29, 0.717) is 21.4 Å². The summed E-state index contributed by atoms with van der Waals surface area (Å²) in [7, 11) is 0. The highest BCUT2D eigenvalue weighted by molar-refractivity contribution is 8.00. The van der Waals surface area contributed by atoms with Crippen LogP contribution in [0.2, 0.25) is 10.0 Å². The van der Waals surface area contributed by atoms with Gasteiger partial charge in [0, 0.05) is 11.3 Å². The van der Waals surface area contributed by atoms with Gasteiger partial charge in [-0.3, -0.25) is 4.79 Å². The minimum absolute atomic E-state index is 0.0856. The number of hydrogen-bond donors (Lipinski definition) is 1. The zero-order chi connectivity index (χ0) is 12.6. The van der Waals surface area contributed by atoms with Crippen LogP contribution in [-0.4, -0.2) is 16.6 Å². The lowest BCUT2D eigenvalue weighted by Crippen LogP contribution is -2.00. The molecule has 5 heteroatoms. The van der Waals surface area contributed by atoms with E-state index in [2.05, 4.69) is 0 Å². The Balaban J connectivity index is 2.36. The number of carbonyl (C=O) groups excluding carboxylic acids is 1. The van der Waals surface area contributed by atoms with E-state index >= 15 is 0 Å². The minimum Gasteiger partial charge on any atom is -0.510 e. The second kappa shape index (κ2) is 4.92. The number of benzene rings is 1. The normalized spacial score (nSPS) is 19.8. The lowest BCUT2D eigenvalue weighted by Gasteiger charge is -2.11. The lowest BCUT2D eigenvalue weighted by molar-refractivity contribution is -0.113. The van der Waals surface area contributed by atoms with Gasteiger partial charge in [0.2, 0.25) is 0 Å². The summed E-state index contributed by atoms with van der Waals surface area (Å²) in [5.74, 6) is 0.588. The maximum Gasteiger partial charge on any atom is 0.160 e. The highest BCUT2D eigenvalue weighted by Crippen LogP contribution is 2.44. The van der Waals surface area contributed by atoms with Gasteiger partial charge in [-0.25, -0.2) is 0 Å². The quantitative estimate of drug-likeness (QED) is 0.887. The first-order valence-corrected chi connectivity index (χ1v) is 6.80. The zero-order valence-electron chi connectivity index (χ0n) is 9.04. The van der Waals surface area contributed by atoms with Crippen LogP contribution in [-0.2, 0) is 4.79 Å². The predicted octanol–water partition coefficient (Wildman–Crippen LogP) is 4.18. The van der Waals surface area contributed by atoms with Gasteiger partial charge in [-0.2, -0.15) is 0 Å². The first-order valence-electron chi connectivity index (χ1n) is 5.00. The van der Waals surface area contributed by atoms with Gasteiger partial charge in [0.05, 0.1) is 15.3 Å². The molecule has 0 amide bonds. The van der Waals surface area contributed by atoms with Crippen molar-refractivity contribution in [2.24, 2.45) is 0 Å². The molecule has 1 aliphatic rings. The molecule has 0 fully saturated rings. The van der Waals surface area contributed by atoms with E-state index < -0.39 is 0 Å². The number of ketones is 1. The van der Waals surface area contributed by atoms with Gasteiger partial charge < -0.3 is 5.11 Å². The highest BCUT2D eigenvalue weighted by Gasteiger charge is 2.29. The van der Waals surface area contributed by atoms with E-state index in [1.54, 1.807) is 12.1 Å². The lowest BCUT2D eigenvalue weighted by atomic mass is 10.1. The van der Waals surface area contributed by atoms with Crippen molar-refractivity contribution in [2.75, 3.05) is 5.75 Å². The van der Waals surface area contributed by atoms with Gasteiger partial charge in [0.1, 0.15) is 5.76 Å². The molecule has 17 heavy (non-hydrogen) atoms. The molecule has 0 aromatic heterocycles. The van der Waals surface area contributed by atoms with Crippen molar-refractivity contribution in [1.29, 1.82) is 0 Å². The Kier molecular flexibility index (Phi) is 3.71. The topological polar surface area (TPSA) is 37.3 Å². The summed E-state index contributed by atoms with van der Waals surface area (Å²) in [5, 5.41) is 10.7. The number of rotatable bonds is 2. The molecule has 1 heterocycles. The first kappa shape index (κ1) is 12.8. The predicted molar refractivity (Wildman–Crippen MR) is 72.0 cm³/mol. The number of Topliss-reactive ketones (excluding diaryl/α,β-unsaturated/α-hetero) is 1. The number of hydrogen-bond acceptors (Lipinski definition) is 3. The van der Waals surface area contributed by atoms with Crippen LogP contribution in [0.4, 0.5) is 0 Å². The number of halogens is 2. The molecule has 2 nitrogen and oxygen atoms in total. The molecule has 1 N–H and O–H groups in total. The van der Waals surface area contributed by atoms with E-state index in [1.165, 1.54) is 18.7 Å². The van der Waals surface area contributed by atoms with Crippen molar-refractivity contribution in [2.45, 2.75) is 12.2 Å². The Labute approximate surface area is 114 Å². The Morgan fingerprint density at radius 3 is 2.65 bits per heavy atom. The molecule has 0 saturated carbocycles. The molecule has 0 saturated heterocycles. The fraction of sp³-hybridized carbons (Fsp3) is 0.250. The second-order valence-electron chi connectivity index (χ2n) is 3.78. The fourth-order valence-electron chi connectivity index (χ4n) is 1.69. The number of thioether (sulfide) groups is 1. The van der Waals surface area contributed by atoms with Crippen molar-refractivity contribution in [3.8, 4) is 0 Å². The van der Waals surface area contributed by atoms with Gasteiger partial charge in [-0.05, 0) is 24.6 Å². The van der Waals surface area contributed by atoms with Crippen molar-refractivity contribution >= 4 is 40.7 Å². The van der Waals surface area contributed by atoms with Crippen LogP contribution < -0.4 is 0 Å². The van der Waals surface area contributed by atoms with Crippen molar-refractivity contribution < 1.29 is 9.90 Å². The SMILES string of the molecule is CC(=O)C1=C(O)C(c2ccc(Cl)c(Cl)c2)SC1. The fourth-order valence-corrected chi connectivity index (χ4v) is 3.32. The van der Waals surface area contributed by atoms with Gasteiger partial charge >= 0.3 is 0 Å². The first-order chi connectivity index (χ1) is 8.00. The van der Waals surface area contributed by atoms with Crippen LogP contribution >= 0.6 is 35.0 Å². The van der Waals surface area contributed by atoms with Gasteiger partial charge in [0.15, 0.2) is 5.78 Å². The van der Waals surface area contributed by atoms with E-state index in [9.17, 15) is 9.90 Å².